The van der Waals surface area contributed by atoms with Crippen molar-refractivity contribution in [1.29, 1.82) is 0 Å². The lowest BCUT2D eigenvalue weighted by atomic mass is 9.91. The molecule has 0 unspecified atom stereocenters. The van der Waals surface area contributed by atoms with E-state index in [2.05, 4.69) is 48.5 Å². The molecule has 0 saturated carbocycles. The molecule has 20 heavy (non-hydrogen) atoms. The van der Waals surface area contributed by atoms with Gasteiger partial charge in [-0.1, -0.05) is 60.7 Å². The number of alkyl halides is 2. The molecule has 0 N–H and O–H groups in total. The third-order valence-corrected chi connectivity index (χ3v) is 3.68. The molecular formula is C18H18Cl2. The molecule has 0 aliphatic rings. The van der Waals surface area contributed by atoms with Gasteiger partial charge in [0, 0.05) is 11.8 Å². The fraction of sp³-hybridized carbons (Fsp3) is 0.222. The number of halogens is 2. The predicted octanol–water partition coefficient (Wildman–Crippen LogP) is 5.86. The van der Waals surface area contributed by atoms with Crippen molar-refractivity contribution in [3.05, 3.63) is 71.8 Å². The Balaban J connectivity index is 2.54. The number of hydrogen-bond donors (Lipinski definition) is 0. The molecule has 0 fully saturated rings. The third kappa shape index (κ3) is 3.88. The van der Waals surface area contributed by atoms with E-state index in [-0.39, 0.29) is 0 Å². The van der Waals surface area contributed by atoms with Crippen LogP contribution in [-0.4, -0.2) is 11.8 Å². The number of allylic oxidation sites excluding steroid dienone is 2. The van der Waals surface area contributed by atoms with Crippen LogP contribution in [0, 0.1) is 0 Å². The van der Waals surface area contributed by atoms with Gasteiger partial charge in [0.2, 0.25) is 0 Å². The average molecular weight is 305 g/mol. The molecule has 0 heterocycles. The molecule has 0 nitrogen and oxygen atoms in total. The quantitative estimate of drug-likeness (QED) is 0.463. The highest BCUT2D eigenvalue weighted by molar-refractivity contribution is 6.19. The molecule has 0 aliphatic carbocycles. The minimum atomic E-state index is 0.614. The summed E-state index contributed by atoms with van der Waals surface area (Å²) in [6.45, 7) is 0. The summed E-state index contributed by atoms with van der Waals surface area (Å²) < 4.78 is 0. The van der Waals surface area contributed by atoms with Gasteiger partial charge in [0.25, 0.3) is 0 Å². The highest BCUT2D eigenvalue weighted by Crippen LogP contribution is 2.32. The largest absolute Gasteiger partial charge is 0.126 e. The minimum absolute atomic E-state index is 0.614. The van der Waals surface area contributed by atoms with Crippen molar-refractivity contribution < 1.29 is 0 Å². The maximum Gasteiger partial charge on any atom is 0.0264 e. The fourth-order valence-corrected chi connectivity index (χ4v) is 2.78. The first-order valence-corrected chi connectivity index (χ1v) is 7.88. The lowest BCUT2D eigenvalue weighted by Crippen LogP contribution is -1.95. The molecule has 0 amide bonds. The van der Waals surface area contributed by atoms with Crippen LogP contribution in [0.3, 0.4) is 0 Å². The Labute approximate surface area is 131 Å². The predicted molar refractivity (Wildman–Crippen MR) is 90.4 cm³/mol. The van der Waals surface area contributed by atoms with E-state index in [1.807, 2.05) is 12.1 Å². The Morgan fingerprint density at radius 1 is 0.600 bits per heavy atom. The van der Waals surface area contributed by atoms with Crippen molar-refractivity contribution in [3.63, 3.8) is 0 Å². The van der Waals surface area contributed by atoms with E-state index < -0.39 is 0 Å². The highest BCUT2D eigenvalue weighted by atomic mass is 35.5. The first kappa shape index (κ1) is 15.2. The van der Waals surface area contributed by atoms with Crippen LogP contribution < -0.4 is 0 Å². The van der Waals surface area contributed by atoms with E-state index in [0.29, 0.717) is 11.8 Å². The first-order valence-electron chi connectivity index (χ1n) is 6.81. The van der Waals surface area contributed by atoms with Crippen LogP contribution in [0.5, 0.6) is 0 Å². The summed E-state index contributed by atoms with van der Waals surface area (Å²) in [6.07, 6.45) is 1.71. The number of rotatable bonds is 6. The van der Waals surface area contributed by atoms with Crippen molar-refractivity contribution in [3.8, 4) is 0 Å². The zero-order chi connectivity index (χ0) is 14.2. The Bertz CT molecular complexity index is 493. The maximum absolute atomic E-state index is 6.01. The van der Waals surface area contributed by atoms with E-state index >= 15 is 0 Å². The Kier molecular flexibility index (Phi) is 6.17. The van der Waals surface area contributed by atoms with Gasteiger partial charge in [0.1, 0.15) is 0 Å². The van der Waals surface area contributed by atoms with E-state index in [0.717, 1.165) is 12.8 Å². The van der Waals surface area contributed by atoms with Crippen molar-refractivity contribution >= 4 is 34.3 Å². The molecule has 2 aromatic rings. The van der Waals surface area contributed by atoms with Crippen LogP contribution in [0.15, 0.2) is 60.7 Å². The summed E-state index contributed by atoms with van der Waals surface area (Å²) in [5.74, 6) is 1.23. The van der Waals surface area contributed by atoms with Crippen molar-refractivity contribution in [2.45, 2.75) is 12.8 Å². The molecule has 2 aromatic carbocycles. The van der Waals surface area contributed by atoms with E-state index in [1.165, 1.54) is 22.3 Å². The van der Waals surface area contributed by atoms with Gasteiger partial charge in [0.15, 0.2) is 0 Å². The SMILES string of the molecule is ClCC/C(=C(/CCCl)c1ccccc1)c1ccccc1. The summed E-state index contributed by atoms with van der Waals surface area (Å²) in [4.78, 5) is 0. The summed E-state index contributed by atoms with van der Waals surface area (Å²) in [5.41, 5.74) is 5.06. The molecule has 0 radical (unpaired) electrons. The lowest BCUT2D eigenvalue weighted by molar-refractivity contribution is 1.19. The second-order valence-corrected chi connectivity index (χ2v) is 5.32. The summed E-state index contributed by atoms with van der Waals surface area (Å²) in [6, 6.07) is 20.9. The zero-order valence-corrected chi connectivity index (χ0v) is 12.9. The fourth-order valence-electron chi connectivity index (χ4n) is 2.41. The first-order chi connectivity index (χ1) is 9.86. The highest BCUT2D eigenvalue weighted by Gasteiger charge is 2.10. The van der Waals surface area contributed by atoms with Crippen LogP contribution in [0.2, 0.25) is 0 Å². The van der Waals surface area contributed by atoms with E-state index in [4.69, 9.17) is 23.2 Å². The molecule has 104 valence electrons. The Morgan fingerprint density at radius 3 is 1.25 bits per heavy atom. The van der Waals surface area contributed by atoms with E-state index in [9.17, 15) is 0 Å². The van der Waals surface area contributed by atoms with Gasteiger partial charge in [-0.05, 0) is 35.1 Å². The van der Waals surface area contributed by atoms with Crippen molar-refractivity contribution in [2.75, 3.05) is 11.8 Å². The Hall–Kier alpha value is -1.24. The molecule has 0 bridgehead atoms. The lowest BCUT2D eigenvalue weighted by Gasteiger charge is -2.15. The van der Waals surface area contributed by atoms with E-state index in [1.54, 1.807) is 0 Å². The molecule has 0 atom stereocenters. The molecule has 0 saturated heterocycles. The minimum Gasteiger partial charge on any atom is -0.126 e. The molecule has 2 heteroatoms. The maximum atomic E-state index is 6.01. The van der Waals surface area contributed by atoms with Gasteiger partial charge >= 0.3 is 0 Å². The third-order valence-electron chi connectivity index (χ3n) is 3.30. The van der Waals surface area contributed by atoms with Crippen LogP contribution in [-0.2, 0) is 0 Å². The van der Waals surface area contributed by atoms with Gasteiger partial charge in [-0.25, -0.2) is 0 Å². The normalized spacial score (nSPS) is 12.1. The van der Waals surface area contributed by atoms with Gasteiger partial charge in [-0.15, -0.1) is 23.2 Å². The van der Waals surface area contributed by atoms with Gasteiger partial charge < -0.3 is 0 Å². The smallest absolute Gasteiger partial charge is 0.0264 e. The van der Waals surface area contributed by atoms with Crippen LogP contribution in [0.4, 0.5) is 0 Å². The molecule has 0 aromatic heterocycles. The Morgan fingerprint density at radius 2 is 0.950 bits per heavy atom. The average Bonchev–Trinajstić information content (AvgIpc) is 2.52. The monoisotopic (exact) mass is 304 g/mol. The summed E-state index contributed by atoms with van der Waals surface area (Å²) >= 11 is 12.0. The van der Waals surface area contributed by atoms with Gasteiger partial charge in [0.05, 0.1) is 0 Å². The topological polar surface area (TPSA) is 0 Å². The standard InChI is InChI=1S/C18H18Cl2/c19-13-11-17(15-7-3-1-4-8-15)18(12-14-20)16-9-5-2-6-10-16/h1-10H,11-14H2/b18-17+. The number of benzene rings is 2. The van der Waals surface area contributed by atoms with Crippen LogP contribution in [0.25, 0.3) is 11.1 Å². The van der Waals surface area contributed by atoms with Crippen LogP contribution >= 0.6 is 23.2 Å². The second-order valence-electron chi connectivity index (χ2n) is 4.57. The molecular weight excluding hydrogens is 287 g/mol. The van der Waals surface area contributed by atoms with Crippen molar-refractivity contribution in [1.82, 2.24) is 0 Å². The van der Waals surface area contributed by atoms with Gasteiger partial charge in [-0.3, -0.25) is 0 Å². The van der Waals surface area contributed by atoms with Gasteiger partial charge in [-0.2, -0.15) is 0 Å². The molecule has 0 aliphatic heterocycles. The summed E-state index contributed by atoms with van der Waals surface area (Å²) in [7, 11) is 0. The zero-order valence-electron chi connectivity index (χ0n) is 11.4. The second kappa shape index (κ2) is 8.14. The van der Waals surface area contributed by atoms with Crippen molar-refractivity contribution in [2.24, 2.45) is 0 Å². The molecule has 2 rings (SSSR count). The van der Waals surface area contributed by atoms with Crippen LogP contribution in [0.1, 0.15) is 24.0 Å². The number of hydrogen-bond acceptors (Lipinski definition) is 0. The summed E-state index contributed by atoms with van der Waals surface area (Å²) in [5, 5.41) is 0. The molecule has 0 spiro atoms.